The normalized spacial score (nSPS) is 10.5. The van der Waals surface area contributed by atoms with Crippen molar-refractivity contribution in [3.8, 4) is 0 Å². The maximum absolute atomic E-state index is 12.4. The van der Waals surface area contributed by atoms with E-state index in [1.165, 1.54) is 5.56 Å². The van der Waals surface area contributed by atoms with Crippen molar-refractivity contribution in [3.05, 3.63) is 41.1 Å². The lowest BCUT2D eigenvalue weighted by Crippen LogP contribution is -2.32. The van der Waals surface area contributed by atoms with Gasteiger partial charge in [0.25, 0.3) is 5.91 Å². The van der Waals surface area contributed by atoms with Gasteiger partial charge in [0.15, 0.2) is 0 Å². The van der Waals surface area contributed by atoms with Crippen LogP contribution < -0.4 is 5.73 Å². The maximum atomic E-state index is 12.4. The molecule has 2 aromatic rings. The molecule has 6 heteroatoms. The number of nitrogens with zero attached hydrogens (tertiary/aromatic N) is 3. The maximum Gasteiger partial charge on any atom is 0.280 e. The molecule has 2 rings (SSSR count). The summed E-state index contributed by atoms with van der Waals surface area (Å²) in [6.45, 7) is 5.18. The summed E-state index contributed by atoms with van der Waals surface area (Å²) in [6.07, 6.45) is 0.850. The number of aromatic nitrogens is 2. The minimum Gasteiger partial charge on any atom is -0.379 e. The smallest absolute Gasteiger partial charge is 0.280 e. The third-order valence-corrected chi connectivity index (χ3v) is 2.99. The Morgan fingerprint density at radius 3 is 2.55 bits per heavy atom. The number of anilines is 1. The van der Waals surface area contributed by atoms with Crippen LogP contribution in [0, 0.1) is 6.92 Å². The highest BCUT2D eigenvalue weighted by molar-refractivity contribution is 5.96. The van der Waals surface area contributed by atoms with Crippen LogP contribution >= 0.6 is 0 Å². The van der Waals surface area contributed by atoms with E-state index < -0.39 is 0 Å². The highest BCUT2D eigenvalue weighted by Gasteiger charge is 2.22. The van der Waals surface area contributed by atoms with Gasteiger partial charge in [0.2, 0.25) is 11.5 Å². The molecule has 0 saturated carbocycles. The fraction of sp³-hybridized carbons (Fsp3) is 0.357. The Balaban J connectivity index is 2.16. The first kappa shape index (κ1) is 14.0. The largest absolute Gasteiger partial charge is 0.379 e. The van der Waals surface area contributed by atoms with Crippen LogP contribution in [0.5, 0.6) is 0 Å². The quantitative estimate of drug-likeness (QED) is 0.901. The average Bonchev–Trinajstić information content (AvgIpc) is 2.86. The van der Waals surface area contributed by atoms with Crippen LogP contribution in [0.4, 0.5) is 5.82 Å². The van der Waals surface area contributed by atoms with E-state index in [9.17, 15) is 4.79 Å². The molecule has 0 bridgehead atoms. The van der Waals surface area contributed by atoms with Gasteiger partial charge in [-0.2, -0.15) is 0 Å². The number of aryl methyl sites for hydroxylation is 1. The number of carbonyl (C=O) groups excluding carboxylic acids is 1. The number of nitrogens with two attached hydrogens (primary N) is 1. The SMILES string of the molecule is CCCN(Cc1ccc(C)cc1)C(=O)c1nonc1N. The van der Waals surface area contributed by atoms with Crippen LogP contribution in [0.2, 0.25) is 0 Å². The van der Waals surface area contributed by atoms with Crippen LogP contribution in [0.25, 0.3) is 0 Å². The molecule has 0 fully saturated rings. The topological polar surface area (TPSA) is 85.2 Å². The number of amides is 1. The molecule has 0 aliphatic carbocycles. The predicted octanol–water partition coefficient (Wildman–Crippen LogP) is 2.01. The fourth-order valence-electron chi connectivity index (χ4n) is 1.93. The van der Waals surface area contributed by atoms with E-state index in [1.54, 1.807) is 4.90 Å². The first-order valence-corrected chi connectivity index (χ1v) is 6.54. The summed E-state index contributed by atoms with van der Waals surface area (Å²) in [4.78, 5) is 14.1. The number of nitrogen functional groups attached to an aromatic ring is 1. The van der Waals surface area contributed by atoms with Crippen molar-refractivity contribution < 1.29 is 9.42 Å². The summed E-state index contributed by atoms with van der Waals surface area (Å²) in [5, 5.41) is 7.02. The Bertz CT molecular complexity index is 577. The highest BCUT2D eigenvalue weighted by Crippen LogP contribution is 2.13. The molecular weight excluding hydrogens is 256 g/mol. The van der Waals surface area contributed by atoms with E-state index >= 15 is 0 Å². The molecule has 2 N–H and O–H groups in total. The summed E-state index contributed by atoms with van der Waals surface area (Å²) in [7, 11) is 0. The van der Waals surface area contributed by atoms with Crippen molar-refractivity contribution in [1.29, 1.82) is 0 Å². The zero-order valence-corrected chi connectivity index (χ0v) is 11.7. The second kappa shape index (κ2) is 6.18. The molecule has 0 atom stereocenters. The molecule has 1 amide bonds. The monoisotopic (exact) mass is 274 g/mol. The standard InChI is InChI=1S/C14H18N4O2/c1-3-8-18(9-11-6-4-10(2)5-7-11)14(19)12-13(15)17-20-16-12/h4-7H,3,8-9H2,1-2H3,(H2,15,17). The Kier molecular flexibility index (Phi) is 4.34. The lowest BCUT2D eigenvalue weighted by molar-refractivity contribution is 0.0732. The zero-order chi connectivity index (χ0) is 14.5. The summed E-state index contributed by atoms with van der Waals surface area (Å²) in [5.74, 6) is -0.230. The first-order chi connectivity index (χ1) is 9.61. The van der Waals surface area contributed by atoms with Crippen LogP contribution in [0.1, 0.15) is 35.0 Å². The van der Waals surface area contributed by atoms with Gasteiger partial charge in [-0.15, -0.1) is 0 Å². The lowest BCUT2D eigenvalue weighted by Gasteiger charge is -2.21. The molecular formula is C14H18N4O2. The van der Waals surface area contributed by atoms with Gasteiger partial charge in [-0.05, 0) is 29.2 Å². The Morgan fingerprint density at radius 2 is 2.00 bits per heavy atom. The summed E-state index contributed by atoms with van der Waals surface area (Å²) in [6, 6.07) is 8.07. The van der Waals surface area contributed by atoms with Gasteiger partial charge in [0, 0.05) is 13.1 Å². The molecule has 0 saturated heterocycles. The lowest BCUT2D eigenvalue weighted by atomic mass is 10.1. The minimum absolute atomic E-state index is 0.0278. The number of carbonyl (C=O) groups is 1. The summed E-state index contributed by atoms with van der Waals surface area (Å²) in [5.41, 5.74) is 7.90. The van der Waals surface area contributed by atoms with Crippen molar-refractivity contribution in [1.82, 2.24) is 15.2 Å². The number of hydrogen-bond acceptors (Lipinski definition) is 5. The van der Waals surface area contributed by atoms with Crippen LogP contribution in [-0.4, -0.2) is 27.7 Å². The van der Waals surface area contributed by atoms with Crippen molar-refractivity contribution in [2.45, 2.75) is 26.8 Å². The number of rotatable bonds is 5. The van der Waals surface area contributed by atoms with E-state index in [1.807, 2.05) is 38.1 Å². The van der Waals surface area contributed by atoms with E-state index in [0.29, 0.717) is 13.1 Å². The predicted molar refractivity (Wildman–Crippen MR) is 74.9 cm³/mol. The van der Waals surface area contributed by atoms with Gasteiger partial charge < -0.3 is 10.6 Å². The van der Waals surface area contributed by atoms with Gasteiger partial charge in [0.1, 0.15) is 0 Å². The second-order valence-corrected chi connectivity index (χ2v) is 4.71. The van der Waals surface area contributed by atoms with E-state index in [4.69, 9.17) is 5.73 Å². The molecule has 6 nitrogen and oxygen atoms in total. The van der Waals surface area contributed by atoms with Crippen molar-refractivity contribution in [2.24, 2.45) is 0 Å². The van der Waals surface area contributed by atoms with E-state index in [-0.39, 0.29) is 17.4 Å². The third-order valence-electron chi connectivity index (χ3n) is 2.99. The molecule has 0 aliphatic heterocycles. The van der Waals surface area contributed by atoms with E-state index in [2.05, 4.69) is 14.9 Å². The first-order valence-electron chi connectivity index (χ1n) is 6.54. The van der Waals surface area contributed by atoms with Gasteiger partial charge in [-0.1, -0.05) is 36.8 Å². The highest BCUT2D eigenvalue weighted by atomic mass is 16.6. The molecule has 20 heavy (non-hydrogen) atoms. The Labute approximate surface area is 117 Å². The summed E-state index contributed by atoms with van der Waals surface area (Å²) < 4.78 is 4.49. The van der Waals surface area contributed by atoms with Crippen LogP contribution in [0.3, 0.4) is 0 Å². The minimum atomic E-state index is -0.258. The Hall–Kier alpha value is -2.37. The molecule has 0 unspecified atom stereocenters. The van der Waals surface area contributed by atoms with Crippen molar-refractivity contribution >= 4 is 11.7 Å². The van der Waals surface area contributed by atoms with Crippen LogP contribution in [-0.2, 0) is 6.54 Å². The second-order valence-electron chi connectivity index (χ2n) is 4.71. The van der Waals surface area contributed by atoms with Crippen molar-refractivity contribution in [2.75, 3.05) is 12.3 Å². The van der Waals surface area contributed by atoms with Crippen molar-refractivity contribution in [3.63, 3.8) is 0 Å². The summed E-state index contributed by atoms with van der Waals surface area (Å²) >= 11 is 0. The Morgan fingerprint density at radius 1 is 1.30 bits per heavy atom. The molecule has 0 spiro atoms. The molecule has 0 aliphatic rings. The molecule has 1 aromatic heterocycles. The average molecular weight is 274 g/mol. The molecule has 0 radical (unpaired) electrons. The van der Waals surface area contributed by atoms with Gasteiger partial charge in [0.05, 0.1) is 0 Å². The molecule has 106 valence electrons. The number of hydrogen-bond donors (Lipinski definition) is 1. The zero-order valence-electron chi connectivity index (χ0n) is 11.7. The van der Waals surface area contributed by atoms with Gasteiger partial charge in [-0.25, -0.2) is 4.63 Å². The van der Waals surface area contributed by atoms with Gasteiger partial charge >= 0.3 is 0 Å². The van der Waals surface area contributed by atoms with Crippen LogP contribution in [0.15, 0.2) is 28.9 Å². The van der Waals surface area contributed by atoms with E-state index in [0.717, 1.165) is 12.0 Å². The third kappa shape index (κ3) is 3.14. The molecule has 1 aromatic carbocycles. The molecule has 1 heterocycles. The van der Waals surface area contributed by atoms with Gasteiger partial charge in [-0.3, -0.25) is 4.79 Å². The number of benzene rings is 1. The fourth-order valence-corrected chi connectivity index (χ4v) is 1.93.